The molecular formula is C10H8N4. The fourth-order valence-corrected chi connectivity index (χ4v) is 1.25. The van der Waals surface area contributed by atoms with Gasteiger partial charge in [-0.2, -0.15) is 5.26 Å². The molecule has 0 saturated heterocycles. The molecule has 0 fully saturated rings. The van der Waals surface area contributed by atoms with Crippen LogP contribution >= 0.6 is 0 Å². The molecular weight excluding hydrogens is 176 g/mol. The Balaban J connectivity index is 2.43. The summed E-state index contributed by atoms with van der Waals surface area (Å²) >= 11 is 0. The van der Waals surface area contributed by atoms with Gasteiger partial charge in [0.25, 0.3) is 0 Å². The van der Waals surface area contributed by atoms with Crippen LogP contribution in [0.3, 0.4) is 0 Å². The Morgan fingerprint density at radius 3 is 2.79 bits per heavy atom. The van der Waals surface area contributed by atoms with Crippen molar-refractivity contribution < 1.29 is 0 Å². The molecule has 1 heterocycles. The first-order chi connectivity index (χ1) is 6.92. The van der Waals surface area contributed by atoms with Gasteiger partial charge in [-0.1, -0.05) is 18.2 Å². The van der Waals surface area contributed by atoms with Crippen LogP contribution in [0.2, 0.25) is 0 Å². The summed E-state index contributed by atoms with van der Waals surface area (Å²) in [6, 6.07) is 11.8. The second-order valence-corrected chi connectivity index (χ2v) is 2.79. The number of aromatic nitrogens is 3. The highest BCUT2D eigenvalue weighted by molar-refractivity contribution is 5.32. The summed E-state index contributed by atoms with van der Waals surface area (Å²) in [5.41, 5.74) is 0.975. The molecule has 0 aliphatic heterocycles. The minimum atomic E-state index is 0.273. The zero-order valence-electron chi connectivity index (χ0n) is 7.46. The van der Waals surface area contributed by atoms with Crippen LogP contribution in [0.25, 0.3) is 5.69 Å². The third-order valence-electron chi connectivity index (χ3n) is 1.89. The molecule has 14 heavy (non-hydrogen) atoms. The highest BCUT2D eigenvalue weighted by atomic mass is 15.3. The maximum Gasteiger partial charge on any atom is 0.151 e. The first-order valence-electron chi connectivity index (χ1n) is 4.23. The van der Waals surface area contributed by atoms with Gasteiger partial charge in [-0.05, 0) is 12.1 Å². The number of hydrogen-bond acceptors (Lipinski definition) is 3. The van der Waals surface area contributed by atoms with Gasteiger partial charge >= 0.3 is 0 Å². The van der Waals surface area contributed by atoms with Crippen molar-refractivity contribution in [1.29, 1.82) is 5.26 Å². The molecule has 1 aromatic heterocycles. The maximum absolute atomic E-state index is 8.58. The van der Waals surface area contributed by atoms with E-state index >= 15 is 0 Å². The molecule has 4 heteroatoms. The van der Waals surface area contributed by atoms with Gasteiger partial charge in [-0.3, -0.25) is 4.57 Å². The average molecular weight is 184 g/mol. The van der Waals surface area contributed by atoms with E-state index in [2.05, 4.69) is 16.3 Å². The van der Waals surface area contributed by atoms with Gasteiger partial charge < -0.3 is 0 Å². The number of nitriles is 1. The molecule has 2 aromatic rings. The molecule has 0 atom stereocenters. The standard InChI is InChI=1S/C10H8N4/c11-7-6-10-13-12-8-14(10)9-4-2-1-3-5-9/h1-5,8H,6H2. The molecule has 0 saturated carbocycles. The highest BCUT2D eigenvalue weighted by Gasteiger charge is 2.04. The molecule has 0 aliphatic rings. The van der Waals surface area contributed by atoms with E-state index in [0.717, 1.165) is 5.69 Å². The SMILES string of the molecule is N#CCc1nncn1-c1ccccc1. The molecule has 68 valence electrons. The fourth-order valence-electron chi connectivity index (χ4n) is 1.25. The maximum atomic E-state index is 8.58. The lowest BCUT2D eigenvalue weighted by Crippen LogP contribution is -1.98. The van der Waals surface area contributed by atoms with Gasteiger partial charge in [0.1, 0.15) is 6.33 Å². The lowest BCUT2D eigenvalue weighted by Gasteiger charge is -2.02. The first kappa shape index (κ1) is 8.45. The topological polar surface area (TPSA) is 54.5 Å². The smallest absolute Gasteiger partial charge is 0.151 e. The molecule has 0 spiro atoms. The Labute approximate surface area is 81.4 Å². The zero-order valence-corrected chi connectivity index (χ0v) is 7.46. The van der Waals surface area contributed by atoms with Gasteiger partial charge in [-0.25, -0.2) is 0 Å². The predicted octanol–water partition coefficient (Wildman–Crippen LogP) is 1.33. The van der Waals surface area contributed by atoms with Crippen molar-refractivity contribution in [2.75, 3.05) is 0 Å². The highest BCUT2D eigenvalue weighted by Crippen LogP contribution is 2.08. The van der Waals surface area contributed by atoms with Crippen molar-refractivity contribution in [3.05, 3.63) is 42.5 Å². The molecule has 0 aliphatic carbocycles. The Morgan fingerprint density at radius 1 is 1.29 bits per heavy atom. The summed E-state index contributed by atoms with van der Waals surface area (Å²) in [6.07, 6.45) is 1.89. The number of benzene rings is 1. The molecule has 0 amide bonds. The first-order valence-corrected chi connectivity index (χ1v) is 4.23. The summed E-state index contributed by atoms with van der Waals surface area (Å²) in [6.45, 7) is 0. The minimum Gasteiger partial charge on any atom is -0.285 e. The van der Waals surface area contributed by atoms with E-state index in [1.807, 2.05) is 34.9 Å². The third-order valence-corrected chi connectivity index (χ3v) is 1.89. The van der Waals surface area contributed by atoms with Gasteiger partial charge in [0.05, 0.1) is 12.5 Å². The minimum absolute atomic E-state index is 0.273. The number of para-hydroxylation sites is 1. The van der Waals surface area contributed by atoms with Crippen LogP contribution in [0.5, 0.6) is 0 Å². The van der Waals surface area contributed by atoms with E-state index in [-0.39, 0.29) is 6.42 Å². The van der Waals surface area contributed by atoms with Crippen LogP contribution in [-0.2, 0) is 6.42 Å². The van der Waals surface area contributed by atoms with Crippen LogP contribution in [0.4, 0.5) is 0 Å². The zero-order chi connectivity index (χ0) is 9.80. The van der Waals surface area contributed by atoms with E-state index in [0.29, 0.717) is 5.82 Å². The van der Waals surface area contributed by atoms with E-state index in [1.165, 1.54) is 0 Å². The van der Waals surface area contributed by atoms with Crippen LogP contribution < -0.4 is 0 Å². The van der Waals surface area contributed by atoms with Crippen molar-refractivity contribution in [2.24, 2.45) is 0 Å². The molecule has 2 rings (SSSR count). The van der Waals surface area contributed by atoms with Gasteiger partial charge in [0.2, 0.25) is 0 Å². The van der Waals surface area contributed by atoms with E-state index in [4.69, 9.17) is 5.26 Å². The Kier molecular flexibility index (Phi) is 2.24. The molecule has 0 unspecified atom stereocenters. The summed E-state index contributed by atoms with van der Waals surface area (Å²) in [4.78, 5) is 0. The number of nitrogens with zero attached hydrogens (tertiary/aromatic N) is 4. The number of hydrogen-bond donors (Lipinski definition) is 0. The van der Waals surface area contributed by atoms with E-state index < -0.39 is 0 Å². The summed E-state index contributed by atoms with van der Waals surface area (Å²) in [7, 11) is 0. The summed E-state index contributed by atoms with van der Waals surface area (Å²) < 4.78 is 1.81. The summed E-state index contributed by atoms with van der Waals surface area (Å²) in [5, 5.41) is 16.2. The normalized spacial score (nSPS) is 9.64. The van der Waals surface area contributed by atoms with E-state index in [9.17, 15) is 0 Å². The molecule has 4 nitrogen and oxygen atoms in total. The van der Waals surface area contributed by atoms with Crippen LogP contribution in [0.1, 0.15) is 5.82 Å². The van der Waals surface area contributed by atoms with Crippen molar-refractivity contribution in [3.63, 3.8) is 0 Å². The third kappa shape index (κ3) is 1.48. The van der Waals surface area contributed by atoms with Crippen LogP contribution in [-0.4, -0.2) is 14.8 Å². The second-order valence-electron chi connectivity index (χ2n) is 2.79. The quantitative estimate of drug-likeness (QED) is 0.707. The van der Waals surface area contributed by atoms with Crippen LogP contribution in [0.15, 0.2) is 36.7 Å². The van der Waals surface area contributed by atoms with Crippen molar-refractivity contribution >= 4 is 0 Å². The van der Waals surface area contributed by atoms with Crippen molar-refractivity contribution in [1.82, 2.24) is 14.8 Å². The largest absolute Gasteiger partial charge is 0.285 e. The Bertz CT molecular complexity index is 452. The molecule has 0 N–H and O–H groups in total. The summed E-state index contributed by atoms with van der Waals surface area (Å²) in [5.74, 6) is 0.665. The van der Waals surface area contributed by atoms with E-state index in [1.54, 1.807) is 6.33 Å². The lowest BCUT2D eigenvalue weighted by molar-refractivity contribution is 0.925. The Morgan fingerprint density at radius 2 is 2.07 bits per heavy atom. The van der Waals surface area contributed by atoms with Gasteiger partial charge in [0.15, 0.2) is 5.82 Å². The second kappa shape index (κ2) is 3.71. The predicted molar refractivity (Wildman–Crippen MR) is 50.7 cm³/mol. The Hall–Kier alpha value is -2.15. The molecule has 1 aromatic carbocycles. The fraction of sp³-hybridized carbons (Fsp3) is 0.100. The van der Waals surface area contributed by atoms with Crippen molar-refractivity contribution in [3.8, 4) is 11.8 Å². The molecule has 0 bridgehead atoms. The average Bonchev–Trinajstić information content (AvgIpc) is 2.68. The van der Waals surface area contributed by atoms with Gasteiger partial charge in [-0.15, -0.1) is 10.2 Å². The monoisotopic (exact) mass is 184 g/mol. The lowest BCUT2D eigenvalue weighted by atomic mass is 10.3. The van der Waals surface area contributed by atoms with Crippen LogP contribution in [0, 0.1) is 11.3 Å². The van der Waals surface area contributed by atoms with Gasteiger partial charge in [0, 0.05) is 5.69 Å². The van der Waals surface area contributed by atoms with Crippen molar-refractivity contribution in [2.45, 2.75) is 6.42 Å². The number of rotatable bonds is 2. The molecule has 0 radical (unpaired) electrons.